The van der Waals surface area contributed by atoms with Gasteiger partial charge in [-0.1, -0.05) is 140 Å². The summed E-state index contributed by atoms with van der Waals surface area (Å²) >= 11 is 6.38. The molecule has 0 radical (unpaired) electrons. The van der Waals surface area contributed by atoms with E-state index in [4.69, 9.17) is 16.3 Å². The van der Waals surface area contributed by atoms with Gasteiger partial charge in [0.2, 0.25) is 41.4 Å². The van der Waals surface area contributed by atoms with Gasteiger partial charge in [0.15, 0.2) is 0 Å². The smallest absolute Gasteiger partial charge is 0.305 e. The molecule has 0 spiro atoms. The van der Waals surface area contributed by atoms with Crippen LogP contribution < -0.4 is 36.6 Å². The van der Waals surface area contributed by atoms with Crippen LogP contribution >= 0.6 is 11.6 Å². The van der Waals surface area contributed by atoms with Gasteiger partial charge >= 0.3 is 5.97 Å². The highest BCUT2D eigenvalue weighted by Crippen LogP contribution is 2.34. The van der Waals surface area contributed by atoms with Crippen molar-refractivity contribution < 1.29 is 48.2 Å². The van der Waals surface area contributed by atoms with Crippen LogP contribution in [0.3, 0.4) is 0 Å². The zero-order chi connectivity index (χ0) is 72.8. The number of aromatic nitrogens is 2. The summed E-state index contributed by atoms with van der Waals surface area (Å²) in [5.74, 6) is -4.80. The number of likely N-dealkylation sites (tertiary alicyclic amines) is 1. The van der Waals surface area contributed by atoms with Crippen LogP contribution in [0.4, 0.5) is 0 Å². The molecule has 2 aliphatic rings. The Labute approximate surface area is 600 Å². The predicted octanol–water partition coefficient (Wildman–Crippen LogP) is 8.79. The normalized spacial score (nSPS) is 16.6. The zero-order valence-electron chi connectivity index (χ0n) is 59.2. The van der Waals surface area contributed by atoms with Crippen LogP contribution in [-0.2, 0) is 76.9 Å². The number of hydrogen-bond acceptors (Lipinski definition) is 11. The Kier molecular flexibility index (Phi) is 24.8. The molecule has 21 nitrogen and oxygen atoms in total. The van der Waals surface area contributed by atoms with Crippen molar-refractivity contribution in [3.05, 3.63) is 220 Å². The van der Waals surface area contributed by atoms with Gasteiger partial charge in [0.1, 0.15) is 47.6 Å². The highest BCUT2D eigenvalue weighted by molar-refractivity contribution is 6.30. The number of rotatable bonds is 31. The summed E-state index contributed by atoms with van der Waals surface area (Å²) in [7, 11) is 4.67. The number of piperidine rings is 1. The summed E-state index contributed by atoms with van der Waals surface area (Å²) < 4.78 is 6.12. The number of nitrogens with one attached hydrogen (secondary N) is 8. The lowest BCUT2D eigenvalue weighted by atomic mass is 9.78. The standard InChI is InChI=1S/C80H94ClN11O10/c1-49-50(2)72(71(49)85-67(46-70(93)94)79(101)92-37-20-11-21-38-92)89-76(98)69(43-52-25-14-10-15-26-52)91(8)78(100)66(45-56-48-84-62-32-19-17-30-60(56)62)88-75(97)68(42-51-23-12-9-13-24-51)90(7)77(99)65(44-55-47-83-61-31-18-16-29-59(55)61)87-74(96)64(40-53-33-35-58(36-34-53)102-80(3,4)5)86-73(95)63(82-6)41-54-27-22-28-57(81)39-54/h9-10,12-19,22-36,39,47-48,50,63-69,72,82-85H,11,20-21,37-38,40-46H2,1-8H3,(H,86,95)(H,87,96)(H,88,97)(H,89,98)(H,93,94)/t50?,63?,64-,65+,66?,67?,68+,69?,72?/m1/s1. The fourth-order valence-corrected chi connectivity index (χ4v) is 13.9. The number of benzene rings is 6. The number of aliphatic carboxylic acids is 1. The highest BCUT2D eigenvalue weighted by Gasteiger charge is 2.43. The average Bonchev–Trinajstić information content (AvgIpc) is 1.04. The second kappa shape index (κ2) is 33.9. The van der Waals surface area contributed by atoms with E-state index >= 15 is 24.0 Å². The largest absolute Gasteiger partial charge is 0.488 e. The average molecular weight is 1410 g/mol. The Morgan fingerprint density at radius 1 is 0.569 bits per heavy atom. The van der Waals surface area contributed by atoms with Crippen molar-refractivity contribution in [1.82, 2.24) is 56.6 Å². The van der Waals surface area contributed by atoms with Gasteiger partial charge in [-0.3, -0.25) is 38.4 Å². The van der Waals surface area contributed by atoms with Gasteiger partial charge in [0.25, 0.3) is 0 Å². The van der Waals surface area contributed by atoms with Gasteiger partial charge in [-0.15, -0.1) is 0 Å². The molecule has 10 rings (SSSR count). The quantitative estimate of drug-likeness (QED) is 0.0197. The van der Waals surface area contributed by atoms with E-state index < -0.39 is 102 Å². The topological polar surface area (TPSA) is 280 Å². The Balaban J connectivity index is 0.975. The molecular formula is C80H94ClN11O10. The summed E-state index contributed by atoms with van der Waals surface area (Å²) in [6, 6.07) is 38.8. The van der Waals surface area contributed by atoms with Crippen molar-refractivity contribution in [1.29, 1.82) is 0 Å². The lowest BCUT2D eigenvalue weighted by Crippen LogP contribution is -2.62. The van der Waals surface area contributed by atoms with E-state index in [2.05, 4.69) is 41.9 Å². The second-order valence-corrected chi connectivity index (χ2v) is 28.3. The number of amides is 7. The van der Waals surface area contributed by atoms with Crippen LogP contribution in [0.5, 0.6) is 5.75 Å². The number of ether oxygens (including phenoxy) is 1. The van der Waals surface area contributed by atoms with E-state index in [1.54, 1.807) is 54.7 Å². The molecule has 6 unspecified atom stereocenters. The van der Waals surface area contributed by atoms with Crippen molar-refractivity contribution in [3.63, 3.8) is 0 Å². The first-order chi connectivity index (χ1) is 48.9. The fourth-order valence-electron chi connectivity index (χ4n) is 13.7. The maximum Gasteiger partial charge on any atom is 0.305 e. The van der Waals surface area contributed by atoms with Crippen molar-refractivity contribution in [2.45, 2.75) is 153 Å². The summed E-state index contributed by atoms with van der Waals surface area (Å²) in [6.07, 6.45) is 5.80. The van der Waals surface area contributed by atoms with Gasteiger partial charge in [-0.2, -0.15) is 0 Å². The number of nitrogens with zero attached hydrogens (tertiary/aromatic N) is 3. The SMILES string of the molecule is CNC(Cc1cccc(Cl)c1)C(=O)N[C@H](Cc1ccc(OC(C)(C)C)cc1)C(=O)N[C@@H](Cc1c[nH]c2ccccc12)C(=O)N(C)[C@@H](Cc1ccccc1)C(=O)NC(Cc1c[nH]c2ccccc12)C(=O)N(C)C(Cc1ccccc1)C(=O)NC1C(NC(CC(=O)O)C(=O)N2CCCCC2)=C(C)C1C. The van der Waals surface area contributed by atoms with Crippen LogP contribution in [0.2, 0.25) is 5.02 Å². The van der Waals surface area contributed by atoms with E-state index in [0.717, 1.165) is 57.8 Å². The van der Waals surface area contributed by atoms with Gasteiger partial charge in [0, 0.05) is 110 Å². The minimum Gasteiger partial charge on any atom is -0.488 e. The summed E-state index contributed by atoms with van der Waals surface area (Å²) in [4.78, 5) is 130. The van der Waals surface area contributed by atoms with Crippen molar-refractivity contribution in [3.8, 4) is 5.75 Å². The number of carboxylic acids is 1. The minimum atomic E-state index is -1.37. The number of hydrogen-bond donors (Lipinski definition) is 9. The fraction of sp³-hybridized carbons (Fsp3) is 0.375. The monoisotopic (exact) mass is 1400 g/mol. The van der Waals surface area contributed by atoms with E-state index in [1.165, 1.54) is 23.9 Å². The molecule has 1 aliphatic heterocycles. The van der Waals surface area contributed by atoms with E-state index in [9.17, 15) is 19.5 Å². The van der Waals surface area contributed by atoms with Crippen LogP contribution in [0.25, 0.3) is 21.8 Å². The maximum absolute atomic E-state index is 16.0. The minimum absolute atomic E-state index is 0.00279. The summed E-state index contributed by atoms with van der Waals surface area (Å²) in [5, 5.41) is 30.8. The van der Waals surface area contributed by atoms with Gasteiger partial charge in [0.05, 0.1) is 18.5 Å². The lowest BCUT2D eigenvalue weighted by Gasteiger charge is -2.43. The van der Waals surface area contributed by atoms with E-state index in [-0.39, 0.29) is 50.4 Å². The van der Waals surface area contributed by atoms with E-state index in [0.29, 0.717) is 51.8 Å². The number of H-pyrrole nitrogens is 2. The third-order valence-electron chi connectivity index (χ3n) is 19.5. The van der Waals surface area contributed by atoms with Crippen molar-refractivity contribution >= 4 is 80.7 Å². The lowest BCUT2D eigenvalue weighted by molar-refractivity contribution is -0.145. The van der Waals surface area contributed by atoms with Crippen LogP contribution in [0, 0.1) is 5.92 Å². The zero-order valence-corrected chi connectivity index (χ0v) is 59.9. The highest BCUT2D eigenvalue weighted by atomic mass is 35.5. The molecule has 6 aromatic carbocycles. The molecule has 0 saturated carbocycles. The molecule has 8 aromatic rings. The maximum atomic E-state index is 16.0. The first-order valence-corrected chi connectivity index (χ1v) is 35.4. The molecule has 1 aliphatic carbocycles. The number of fused-ring (bicyclic) bond motifs is 2. The Morgan fingerprint density at radius 3 is 1.58 bits per heavy atom. The van der Waals surface area contributed by atoms with Gasteiger partial charge in [-0.05, 0) is 136 Å². The molecule has 1 fully saturated rings. The number of halogens is 1. The van der Waals surface area contributed by atoms with Crippen LogP contribution in [0.15, 0.2) is 181 Å². The molecule has 3 heterocycles. The molecule has 22 heteroatoms. The number of carbonyl (C=O) groups is 8. The van der Waals surface area contributed by atoms with Crippen molar-refractivity contribution in [2.75, 3.05) is 34.2 Å². The Hall–Kier alpha value is -10.2. The summed E-state index contributed by atoms with van der Waals surface area (Å²) in [5.41, 5.74) is 6.70. The molecule has 1 saturated heterocycles. The third-order valence-corrected chi connectivity index (χ3v) is 19.7. The molecule has 102 heavy (non-hydrogen) atoms. The molecule has 7 amide bonds. The number of para-hydroxylation sites is 2. The molecule has 9 atom stereocenters. The van der Waals surface area contributed by atoms with Crippen molar-refractivity contribution in [2.24, 2.45) is 5.92 Å². The molecule has 0 bridgehead atoms. The molecule has 2 aromatic heterocycles. The second-order valence-electron chi connectivity index (χ2n) is 27.9. The Bertz CT molecular complexity index is 4300. The van der Waals surface area contributed by atoms with Crippen LogP contribution in [-0.4, -0.2) is 165 Å². The molecule has 536 valence electrons. The third kappa shape index (κ3) is 19.0. The van der Waals surface area contributed by atoms with E-state index in [1.807, 2.05) is 162 Å². The first-order valence-electron chi connectivity index (χ1n) is 35.0. The summed E-state index contributed by atoms with van der Waals surface area (Å²) in [6.45, 7) is 10.7. The Morgan fingerprint density at radius 2 is 1.05 bits per heavy atom. The number of aromatic amines is 2. The molecular weight excluding hydrogens is 1310 g/mol. The van der Waals surface area contributed by atoms with Gasteiger partial charge in [-0.25, -0.2) is 0 Å². The predicted molar refractivity (Wildman–Crippen MR) is 395 cm³/mol. The van der Waals surface area contributed by atoms with Gasteiger partial charge < -0.3 is 66.4 Å². The first kappa shape index (κ1) is 74.4. The number of likely N-dealkylation sites (N-methyl/N-ethyl adjacent to an activating group) is 3. The van der Waals surface area contributed by atoms with Crippen LogP contribution in [0.1, 0.15) is 93.7 Å². The number of carbonyl (C=O) groups excluding carboxylic acids is 7. The molecule has 9 N–H and O–H groups in total. The number of carboxylic acid groups (broad SMARTS) is 1.